The second-order valence-corrected chi connectivity index (χ2v) is 8.33. The number of piperidine rings is 1. The average molecular weight is 370 g/mol. The molecule has 0 spiro atoms. The van der Waals surface area contributed by atoms with E-state index in [9.17, 15) is 4.79 Å². The van der Waals surface area contributed by atoms with Crippen molar-refractivity contribution in [2.45, 2.75) is 71.3 Å². The van der Waals surface area contributed by atoms with Crippen molar-refractivity contribution < 1.29 is 4.79 Å². The lowest BCUT2D eigenvalue weighted by molar-refractivity contribution is -0.132. The zero-order valence-corrected chi connectivity index (χ0v) is 16.6. The molecule has 0 bridgehead atoms. The van der Waals surface area contributed by atoms with Crippen molar-refractivity contribution in [1.82, 2.24) is 24.6 Å². The molecule has 1 saturated heterocycles. The van der Waals surface area contributed by atoms with E-state index in [1.165, 1.54) is 30.7 Å². The van der Waals surface area contributed by atoms with E-state index in [0.717, 1.165) is 49.8 Å². The molecule has 2 aliphatic rings. The van der Waals surface area contributed by atoms with Crippen LogP contribution in [0, 0.1) is 19.8 Å². The molecule has 2 aromatic heterocycles. The number of carbonyl (C=O) groups excluding carboxylic acids is 1. The molecule has 3 heterocycles. The molecule has 1 atom stereocenters. The summed E-state index contributed by atoms with van der Waals surface area (Å²) in [5.41, 5.74) is 3.29. The summed E-state index contributed by atoms with van der Waals surface area (Å²) in [6.07, 6.45) is 11.6. The minimum Gasteiger partial charge on any atom is -0.342 e. The Balaban J connectivity index is 1.35. The first-order valence-electron chi connectivity index (χ1n) is 10.4. The number of nitrogens with zero attached hydrogens (tertiary/aromatic N) is 4. The second-order valence-electron chi connectivity index (χ2n) is 8.33. The van der Waals surface area contributed by atoms with Crippen LogP contribution in [0.1, 0.15) is 67.2 Å². The van der Waals surface area contributed by atoms with Gasteiger partial charge in [-0.3, -0.25) is 9.89 Å². The molecule has 0 unspecified atom stereocenters. The van der Waals surface area contributed by atoms with Gasteiger partial charge < -0.3 is 9.47 Å². The molecule has 2 fully saturated rings. The molecular weight excluding hydrogens is 338 g/mol. The van der Waals surface area contributed by atoms with Crippen LogP contribution in [0.5, 0.6) is 0 Å². The minimum absolute atomic E-state index is 0.247. The highest BCUT2D eigenvalue weighted by Crippen LogP contribution is 2.31. The van der Waals surface area contributed by atoms with Gasteiger partial charge in [0.15, 0.2) is 0 Å². The molecule has 1 aliphatic carbocycles. The summed E-state index contributed by atoms with van der Waals surface area (Å²) >= 11 is 0. The quantitative estimate of drug-likeness (QED) is 0.849. The van der Waals surface area contributed by atoms with Crippen LogP contribution in [0.2, 0.25) is 0 Å². The number of rotatable bonds is 6. The van der Waals surface area contributed by atoms with Gasteiger partial charge in [0.25, 0.3) is 0 Å². The Hall–Kier alpha value is -2.11. The van der Waals surface area contributed by atoms with Gasteiger partial charge in [-0.2, -0.15) is 5.10 Å². The Morgan fingerprint density at radius 2 is 2.11 bits per heavy atom. The van der Waals surface area contributed by atoms with Gasteiger partial charge in [0.05, 0.1) is 5.69 Å². The van der Waals surface area contributed by atoms with E-state index in [0.29, 0.717) is 18.8 Å². The zero-order valence-electron chi connectivity index (χ0n) is 16.6. The Bertz CT molecular complexity index is 788. The van der Waals surface area contributed by atoms with Crippen molar-refractivity contribution in [1.29, 1.82) is 0 Å². The highest BCUT2D eigenvalue weighted by molar-refractivity contribution is 5.76. The van der Waals surface area contributed by atoms with Crippen LogP contribution in [0.4, 0.5) is 0 Å². The molecule has 1 N–H and O–H groups in total. The number of aromatic amines is 1. The summed E-state index contributed by atoms with van der Waals surface area (Å²) in [5, 5.41) is 7.34. The van der Waals surface area contributed by atoms with Crippen LogP contribution < -0.4 is 0 Å². The third-order valence-corrected chi connectivity index (χ3v) is 6.50. The highest BCUT2D eigenvalue weighted by Gasteiger charge is 2.28. The van der Waals surface area contributed by atoms with Crippen molar-refractivity contribution in [2.24, 2.45) is 5.92 Å². The number of aromatic nitrogens is 4. The minimum atomic E-state index is 0.247. The van der Waals surface area contributed by atoms with Gasteiger partial charge in [0.2, 0.25) is 5.91 Å². The molecule has 1 amide bonds. The Morgan fingerprint density at radius 1 is 1.26 bits per heavy atom. The Morgan fingerprint density at radius 3 is 2.81 bits per heavy atom. The standard InChI is InChI=1S/C21H31N5O/c1-15-16(2)23-24-19(15)8-9-20(27)25-11-4-7-18(14-25)21-22-10-12-26(21)13-17-5-3-6-17/h10,12,17-18H,3-9,11,13-14H2,1-2H3,(H,23,24)/t18-/m1/s1. The first-order valence-corrected chi connectivity index (χ1v) is 10.4. The van der Waals surface area contributed by atoms with Gasteiger partial charge in [-0.15, -0.1) is 0 Å². The number of nitrogens with one attached hydrogen (secondary N) is 1. The van der Waals surface area contributed by atoms with E-state index in [4.69, 9.17) is 0 Å². The Labute approximate surface area is 161 Å². The topological polar surface area (TPSA) is 66.8 Å². The fourth-order valence-electron chi connectivity index (χ4n) is 4.37. The number of imidazole rings is 1. The number of amides is 1. The van der Waals surface area contributed by atoms with Gasteiger partial charge >= 0.3 is 0 Å². The molecule has 27 heavy (non-hydrogen) atoms. The number of aryl methyl sites for hydroxylation is 2. The van der Waals surface area contributed by atoms with Gasteiger partial charge in [0.1, 0.15) is 5.82 Å². The van der Waals surface area contributed by atoms with E-state index >= 15 is 0 Å². The van der Waals surface area contributed by atoms with Crippen LogP contribution in [-0.2, 0) is 17.8 Å². The monoisotopic (exact) mass is 369 g/mol. The van der Waals surface area contributed by atoms with Crippen molar-refractivity contribution in [3.05, 3.63) is 35.2 Å². The van der Waals surface area contributed by atoms with Crippen LogP contribution in [-0.4, -0.2) is 43.6 Å². The number of hydrogen-bond donors (Lipinski definition) is 1. The van der Waals surface area contributed by atoms with Crippen molar-refractivity contribution in [2.75, 3.05) is 13.1 Å². The fourth-order valence-corrected chi connectivity index (χ4v) is 4.37. The van der Waals surface area contributed by atoms with E-state index in [-0.39, 0.29) is 5.91 Å². The SMILES string of the molecule is Cc1[nH]nc(CCC(=O)N2CCC[C@@H](c3nccn3CC3CCC3)C2)c1C. The number of likely N-dealkylation sites (tertiary alicyclic amines) is 1. The van der Waals surface area contributed by atoms with Gasteiger partial charge in [-0.25, -0.2) is 4.98 Å². The normalized spacial score (nSPS) is 20.7. The molecule has 1 aliphatic heterocycles. The number of hydrogen-bond acceptors (Lipinski definition) is 3. The summed E-state index contributed by atoms with van der Waals surface area (Å²) in [7, 11) is 0. The van der Waals surface area contributed by atoms with Gasteiger partial charge in [0, 0.05) is 56.5 Å². The predicted octanol–water partition coefficient (Wildman–Crippen LogP) is 3.36. The summed E-state index contributed by atoms with van der Waals surface area (Å²) in [6, 6.07) is 0. The average Bonchev–Trinajstić information content (AvgIpc) is 3.24. The second kappa shape index (κ2) is 7.87. The summed E-state index contributed by atoms with van der Waals surface area (Å²) < 4.78 is 2.35. The van der Waals surface area contributed by atoms with Crippen LogP contribution >= 0.6 is 0 Å². The lowest BCUT2D eigenvalue weighted by Crippen LogP contribution is -2.40. The smallest absolute Gasteiger partial charge is 0.222 e. The summed E-state index contributed by atoms with van der Waals surface area (Å²) in [5.74, 6) is 2.61. The number of carbonyl (C=O) groups is 1. The first-order chi connectivity index (χ1) is 13.1. The highest BCUT2D eigenvalue weighted by atomic mass is 16.2. The van der Waals surface area contributed by atoms with Crippen molar-refractivity contribution >= 4 is 5.91 Å². The molecule has 1 saturated carbocycles. The number of H-pyrrole nitrogens is 1. The van der Waals surface area contributed by atoms with E-state index < -0.39 is 0 Å². The van der Waals surface area contributed by atoms with E-state index in [1.807, 2.05) is 18.0 Å². The maximum atomic E-state index is 12.8. The molecule has 6 heteroatoms. The van der Waals surface area contributed by atoms with E-state index in [1.54, 1.807) is 0 Å². The molecule has 6 nitrogen and oxygen atoms in total. The van der Waals surface area contributed by atoms with Gasteiger partial charge in [-0.05, 0) is 51.0 Å². The van der Waals surface area contributed by atoms with Crippen molar-refractivity contribution in [3.63, 3.8) is 0 Å². The molecule has 146 valence electrons. The summed E-state index contributed by atoms with van der Waals surface area (Å²) in [6.45, 7) is 6.86. The zero-order chi connectivity index (χ0) is 18.8. The summed E-state index contributed by atoms with van der Waals surface area (Å²) in [4.78, 5) is 19.5. The third-order valence-electron chi connectivity index (χ3n) is 6.50. The maximum absolute atomic E-state index is 12.8. The molecule has 4 rings (SSSR count). The molecule has 2 aromatic rings. The van der Waals surface area contributed by atoms with Crippen LogP contribution in [0.3, 0.4) is 0 Å². The molecular formula is C21H31N5O. The van der Waals surface area contributed by atoms with Crippen molar-refractivity contribution in [3.8, 4) is 0 Å². The molecule has 0 radical (unpaired) electrons. The molecule has 0 aromatic carbocycles. The fraction of sp³-hybridized carbons (Fsp3) is 0.667. The first kappa shape index (κ1) is 18.3. The van der Waals surface area contributed by atoms with Crippen LogP contribution in [0.15, 0.2) is 12.4 Å². The van der Waals surface area contributed by atoms with E-state index in [2.05, 4.69) is 32.9 Å². The third kappa shape index (κ3) is 3.94. The maximum Gasteiger partial charge on any atom is 0.222 e. The largest absolute Gasteiger partial charge is 0.342 e. The predicted molar refractivity (Wildman–Crippen MR) is 105 cm³/mol. The lowest BCUT2D eigenvalue weighted by atomic mass is 9.85. The van der Waals surface area contributed by atoms with Gasteiger partial charge in [-0.1, -0.05) is 6.42 Å². The lowest BCUT2D eigenvalue weighted by Gasteiger charge is -2.33. The van der Waals surface area contributed by atoms with Crippen LogP contribution in [0.25, 0.3) is 0 Å². The Kier molecular flexibility index (Phi) is 5.32.